The average Bonchev–Trinajstić information content (AvgIpc) is 2.80. The third-order valence-corrected chi connectivity index (χ3v) is 4.07. The maximum atomic E-state index is 12.5. The number of benzene rings is 2. The van der Waals surface area contributed by atoms with Crippen molar-refractivity contribution in [1.29, 1.82) is 0 Å². The van der Waals surface area contributed by atoms with E-state index in [9.17, 15) is 4.79 Å². The van der Waals surface area contributed by atoms with Gasteiger partial charge in [0.25, 0.3) is 0 Å². The second-order valence-electron chi connectivity index (χ2n) is 5.52. The monoisotopic (exact) mass is 270 g/mol. The molecule has 1 fully saturated rings. The van der Waals surface area contributed by atoms with E-state index >= 15 is 0 Å². The molecule has 3 N–H and O–H groups in total. The van der Waals surface area contributed by atoms with Crippen molar-refractivity contribution in [3.63, 3.8) is 0 Å². The van der Waals surface area contributed by atoms with Crippen molar-refractivity contribution in [3.8, 4) is 0 Å². The summed E-state index contributed by atoms with van der Waals surface area (Å²) in [6.45, 7) is 2.65. The Labute approximate surface area is 117 Å². The fourth-order valence-electron chi connectivity index (χ4n) is 2.52. The number of carbonyl (C=O) groups is 1. The van der Waals surface area contributed by atoms with E-state index in [1.54, 1.807) is 0 Å². The van der Waals surface area contributed by atoms with Crippen molar-refractivity contribution in [3.05, 3.63) is 42.5 Å². The van der Waals surface area contributed by atoms with Gasteiger partial charge in [0, 0.05) is 17.1 Å². The molecule has 2 aromatic rings. The Bertz CT molecular complexity index is 650. The van der Waals surface area contributed by atoms with Gasteiger partial charge in [-0.3, -0.25) is 4.79 Å². The van der Waals surface area contributed by atoms with E-state index in [1.807, 2.05) is 49.4 Å². The quantitative estimate of drug-likeness (QED) is 0.878. The number of ether oxygens (including phenoxy) is 1. The highest BCUT2D eigenvalue weighted by Gasteiger charge is 2.44. The molecule has 0 radical (unpaired) electrons. The molecular weight excluding hydrogens is 252 g/mol. The molecule has 0 aliphatic carbocycles. The minimum atomic E-state index is -0.670. The Hall–Kier alpha value is -1.91. The van der Waals surface area contributed by atoms with Crippen molar-refractivity contribution in [2.45, 2.75) is 13.0 Å². The number of nitrogens with two attached hydrogens (primary N) is 1. The number of hydrogen-bond donors (Lipinski definition) is 2. The molecular formula is C16H18N2O2. The van der Waals surface area contributed by atoms with Crippen LogP contribution >= 0.6 is 0 Å². The summed E-state index contributed by atoms with van der Waals surface area (Å²) in [4.78, 5) is 12.5. The minimum Gasteiger partial charge on any atom is -0.379 e. The highest BCUT2D eigenvalue weighted by molar-refractivity contribution is 6.04. The zero-order valence-corrected chi connectivity index (χ0v) is 11.4. The largest absolute Gasteiger partial charge is 0.379 e. The highest BCUT2D eigenvalue weighted by atomic mass is 16.5. The summed E-state index contributed by atoms with van der Waals surface area (Å²) in [7, 11) is 0. The molecule has 1 saturated heterocycles. The van der Waals surface area contributed by atoms with Crippen LogP contribution in [0.15, 0.2) is 42.5 Å². The molecule has 2 atom stereocenters. The van der Waals surface area contributed by atoms with Gasteiger partial charge in [-0.05, 0) is 18.4 Å². The molecule has 0 saturated carbocycles. The van der Waals surface area contributed by atoms with E-state index in [4.69, 9.17) is 10.5 Å². The van der Waals surface area contributed by atoms with Crippen molar-refractivity contribution in [1.82, 2.24) is 0 Å². The Balaban J connectivity index is 1.92. The van der Waals surface area contributed by atoms with Gasteiger partial charge in [0.15, 0.2) is 0 Å². The molecule has 0 aromatic heterocycles. The van der Waals surface area contributed by atoms with Crippen LogP contribution in [0.25, 0.3) is 10.8 Å². The molecule has 4 nitrogen and oxygen atoms in total. The number of carbonyl (C=O) groups excluding carboxylic acids is 1. The van der Waals surface area contributed by atoms with Crippen LogP contribution in [0.1, 0.15) is 6.92 Å². The molecule has 2 unspecified atom stereocenters. The van der Waals surface area contributed by atoms with Gasteiger partial charge in [-0.15, -0.1) is 0 Å². The van der Waals surface area contributed by atoms with Crippen LogP contribution < -0.4 is 11.1 Å². The number of rotatable bonds is 2. The Morgan fingerprint density at radius 3 is 2.80 bits per heavy atom. The fraction of sp³-hybridized carbons (Fsp3) is 0.312. The van der Waals surface area contributed by atoms with Gasteiger partial charge in [-0.25, -0.2) is 0 Å². The van der Waals surface area contributed by atoms with E-state index in [0.717, 1.165) is 16.5 Å². The molecule has 104 valence electrons. The van der Waals surface area contributed by atoms with Gasteiger partial charge in [0.2, 0.25) is 5.91 Å². The summed E-state index contributed by atoms with van der Waals surface area (Å²) < 4.78 is 5.33. The number of hydrogen-bond acceptors (Lipinski definition) is 3. The second-order valence-corrected chi connectivity index (χ2v) is 5.52. The fourth-order valence-corrected chi connectivity index (χ4v) is 2.52. The Morgan fingerprint density at radius 1 is 1.30 bits per heavy atom. The molecule has 2 aromatic carbocycles. The van der Waals surface area contributed by atoms with Gasteiger partial charge in [-0.2, -0.15) is 0 Å². The van der Waals surface area contributed by atoms with Crippen LogP contribution in [0.2, 0.25) is 0 Å². The SMILES string of the molecule is CC1(C(=O)Nc2cccc3ccccc23)COCC1N. The van der Waals surface area contributed by atoms with E-state index in [0.29, 0.717) is 13.2 Å². The van der Waals surface area contributed by atoms with E-state index < -0.39 is 5.41 Å². The Kier molecular flexibility index (Phi) is 3.20. The molecule has 4 heteroatoms. The first-order valence-corrected chi connectivity index (χ1v) is 6.74. The third-order valence-electron chi connectivity index (χ3n) is 4.07. The smallest absolute Gasteiger partial charge is 0.234 e. The van der Waals surface area contributed by atoms with E-state index in [-0.39, 0.29) is 11.9 Å². The van der Waals surface area contributed by atoms with Crippen LogP contribution in [-0.2, 0) is 9.53 Å². The molecule has 0 spiro atoms. The summed E-state index contributed by atoms with van der Waals surface area (Å²) in [5.74, 6) is -0.0844. The predicted octanol–water partition coefficient (Wildman–Crippen LogP) is 2.14. The standard InChI is InChI=1S/C16H18N2O2/c1-16(10-20-9-14(16)17)15(19)18-13-8-4-6-11-5-2-3-7-12(11)13/h2-8,14H,9-10,17H2,1H3,(H,18,19). The molecule has 1 heterocycles. The van der Waals surface area contributed by atoms with Gasteiger partial charge in [-0.1, -0.05) is 36.4 Å². The number of amides is 1. The third kappa shape index (κ3) is 2.07. The lowest BCUT2D eigenvalue weighted by Crippen LogP contribution is -2.47. The van der Waals surface area contributed by atoms with Gasteiger partial charge in [0.1, 0.15) is 0 Å². The lowest BCUT2D eigenvalue weighted by Gasteiger charge is -2.25. The zero-order valence-electron chi connectivity index (χ0n) is 11.4. The van der Waals surface area contributed by atoms with Crippen molar-refractivity contribution < 1.29 is 9.53 Å². The molecule has 20 heavy (non-hydrogen) atoms. The average molecular weight is 270 g/mol. The first-order chi connectivity index (χ1) is 9.61. The summed E-state index contributed by atoms with van der Waals surface area (Å²) in [5, 5.41) is 5.13. The molecule has 1 amide bonds. The maximum absolute atomic E-state index is 12.5. The normalized spacial score (nSPS) is 25.8. The van der Waals surface area contributed by atoms with Crippen LogP contribution in [0.3, 0.4) is 0 Å². The number of fused-ring (bicyclic) bond motifs is 1. The van der Waals surface area contributed by atoms with Crippen LogP contribution in [0.5, 0.6) is 0 Å². The Morgan fingerprint density at radius 2 is 2.05 bits per heavy atom. The minimum absolute atomic E-state index is 0.0844. The first-order valence-electron chi connectivity index (χ1n) is 6.74. The van der Waals surface area contributed by atoms with Gasteiger partial charge >= 0.3 is 0 Å². The summed E-state index contributed by atoms with van der Waals surface area (Å²) >= 11 is 0. The summed E-state index contributed by atoms with van der Waals surface area (Å²) in [6.07, 6.45) is 0. The van der Waals surface area contributed by atoms with Crippen molar-refractivity contribution >= 4 is 22.4 Å². The lowest BCUT2D eigenvalue weighted by molar-refractivity contribution is -0.125. The number of anilines is 1. The molecule has 3 rings (SSSR count). The summed E-state index contributed by atoms with van der Waals surface area (Å²) in [5.41, 5.74) is 6.14. The van der Waals surface area contributed by atoms with Crippen molar-refractivity contribution in [2.75, 3.05) is 18.5 Å². The first kappa shape index (κ1) is 13.1. The van der Waals surface area contributed by atoms with E-state index in [1.165, 1.54) is 0 Å². The van der Waals surface area contributed by atoms with Gasteiger partial charge in [0.05, 0.1) is 18.6 Å². The van der Waals surface area contributed by atoms with E-state index in [2.05, 4.69) is 5.32 Å². The number of nitrogens with one attached hydrogen (secondary N) is 1. The van der Waals surface area contributed by atoms with Crippen LogP contribution in [-0.4, -0.2) is 25.2 Å². The van der Waals surface area contributed by atoms with Crippen LogP contribution in [0, 0.1) is 5.41 Å². The zero-order chi connectivity index (χ0) is 14.2. The van der Waals surface area contributed by atoms with Crippen molar-refractivity contribution in [2.24, 2.45) is 11.1 Å². The molecule has 1 aliphatic rings. The van der Waals surface area contributed by atoms with Gasteiger partial charge < -0.3 is 15.8 Å². The maximum Gasteiger partial charge on any atom is 0.234 e. The predicted molar refractivity (Wildman–Crippen MR) is 79.5 cm³/mol. The topological polar surface area (TPSA) is 64.3 Å². The second kappa shape index (κ2) is 4.89. The molecule has 1 aliphatic heterocycles. The summed E-state index contributed by atoms with van der Waals surface area (Å²) in [6, 6.07) is 13.6. The highest BCUT2D eigenvalue weighted by Crippen LogP contribution is 2.30. The lowest BCUT2D eigenvalue weighted by atomic mass is 9.84. The molecule has 0 bridgehead atoms. The van der Waals surface area contributed by atoms with Crippen LogP contribution in [0.4, 0.5) is 5.69 Å².